The van der Waals surface area contributed by atoms with Crippen LogP contribution in [-0.4, -0.2) is 88.4 Å². The first-order valence-corrected chi connectivity index (χ1v) is 16.2. The highest BCUT2D eigenvalue weighted by Crippen LogP contribution is 2.61. The molecule has 2 heterocycles. The van der Waals surface area contributed by atoms with Gasteiger partial charge in [0, 0.05) is 56.1 Å². The quantitative estimate of drug-likeness (QED) is 0.192. The van der Waals surface area contributed by atoms with E-state index in [9.17, 15) is 33.5 Å². The molecule has 0 bridgehead atoms. The van der Waals surface area contributed by atoms with Crippen LogP contribution in [0, 0.1) is 5.82 Å². The van der Waals surface area contributed by atoms with Crippen LogP contribution in [-0.2, 0) is 18.7 Å². The van der Waals surface area contributed by atoms with E-state index in [1.54, 1.807) is 6.20 Å². The fraction of sp³-hybridized carbons (Fsp3) is 0.480. The van der Waals surface area contributed by atoms with E-state index in [1.807, 2.05) is 16.7 Å². The van der Waals surface area contributed by atoms with Gasteiger partial charge in [0.05, 0.1) is 12.8 Å². The molecule has 226 valence electrons. The zero-order valence-electron chi connectivity index (χ0n) is 23.0. The molecule has 5 N–H and O–H groups in total. The number of carbonyl (C=O) groups is 1. The lowest BCUT2D eigenvalue weighted by molar-refractivity contribution is -0.133. The third-order valence-corrected chi connectivity index (χ3v) is 10.9. The summed E-state index contributed by atoms with van der Waals surface area (Å²) in [6.07, 6.45) is 3.48. The first-order chi connectivity index (χ1) is 19.1. The number of ether oxygens (including phenoxy) is 2. The molecule has 16 heteroatoms. The van der Waals surface area contributed by atoms with Crippen LogP contribution in [0.15, 0.2) is 36.8 Å². The molecule has 0 radical (unpaired) electrons. The second-order valence-corrected chi connectivity index (χ2v) is 14.1. The highest BCUT2D eigenvalue weighted by atomic mass is 31.2. The molecule has 2 aliphatic heterocycles. The number of nitrogens with zero attached hydrogens (tertiary/aromatic N) is 3. The van der Waals surface area contributed by atoms with Crippen molar-refractivity contribution in [3.05, 3.63) is 48.1 Å². The molecule has 13 nitrogen and oxygen atoms in total. The van der Waals surface area contributed by atoms with Gasteiger partial charge < -0.3 is 49.1 Å². The first-order valence-electron chi connectivity index (χ1n) is 12.8. The van der Waals surface area contributed by atoms with E-state index in [1.165, 1.54) is 13.2 Å². The van der Waals surface area contributed by atoms with Crippen molar-refractivity contribution in [3.8, 4) is 5.75 Å². The highest BCUT2D eigenvalue weighted by molar-refractivity contribution is 7.70. The largest absolute Gasteiger partial charge is 0.492 e. The Balaban J connectivity index is 1.62. The summed E-state index contributed by atoms with van der Waals surface area (Å²) in [5, 5.41) is 3.34. The Bertz CT molecular complexity index is 1370. The normalized spacial score (nSPS) is 19.6. The molecule has 0 aromatic heterocycles. The summed E-state index contributed by atoms with van der Waals surface area (Å²) in [5.41, 5.74) is -0.491. The molecule has 1 saturated carbocycles. The van der Waals surface area contributed by atoms with Crippen LogP contribution in [0.2, 0.25) is 0 Å². The molecule has 1 unspecified atom stereocenters. The predicted molar refractivity (Wildman–Crippen MR) is 151 cm³/mol. The van der Waals surface area contributed by atoms with Crippen molar-refractivity contribution in [2.75, 3.05) is 50.2 Å². The van der Waals surface area contributed by atoms with Crippen molar-refractivity contribution in [1.82, 2.24) is 10.2 Å². The van der Waals surface area contributed by atoms with Crippen molar-refractivity contribution in [2.45, 2.75) is 37.4 Å². The van der Waals surface area contributed by atoms with E-state index >= 15 is 4.39 Å². The fourth-order valence-corrected chi connectivity index (χ4v) is 7.86. The SMILES string of the molecule is C=C(OCC(=O)N(C)C(P(=O)(O)O)P(=O)(O)O)C1=CN(C2CC2)c2c(cc(F)c(N3CCNC(C)C3)c2OC)C1=C. The average Bonchev–Trinajstić information content (AvgIpc) is 3.70. The van der Waals surface area contributed by atoms with Gasteiger partial charge in [0.25, 0.3) is 5.91 Å². The minimum Gasteiger partial charge on any atom is -0.492 e. The smallest absolute Gasteiger partial charge is 0.360 e. The number of amides is 1. The van der Waals surface area contributed by atoms with Gasteiger partial charge in [0.2, 0.25) is 5.52 Å². The summed E-state index contributed by atoms with van der Waals surface area (Å²) in [7, 11) is -8.44. The summed E-state index contributed by atoms with van der Waals surface area (Å²) in [5.74, 6) is -1.26. The van der Waals surface area contributed by atoms with Gasteiger partial charge in [-0.05, 0) is 31.4 Å². The van der Waals surface area contributed by atoms with E-state index in [0.717, 1.165) is 19.9 Å². The molecule has 4 rings (SSSR count). The number of anilines is 2. The van der Waals surface area contributed by atoms with Crippen LogP contribution in [0.4, 0.5) is 15.8 Å². The van der Waals surface area contributed by atoms with E-state index in [4.69, 9.17) is 9.47 Å². The van der Waals surface area contributed by atoms with Crippen molar-refractivity contribution in [1.29, 1.82) is 0 Å². The lowest BCUT2D eigenvalue weighted by Gasteiger charge is -2.38. The molecular weight excluding hydrogens is 581 g/mol. The molecule has 1 aromatic rings. The summed E-state index contributed by atoms with van der Waals surface area (Å²) in [6, 6.07) is 1.64. The van der Waals surface area contributed by atoms with Gasteiger partial charge in [-0.2, -0.15) is 0 Å². The summed E-state index contributed by atoms with van der Waals surface area (Å²) in [6.45, 7) is 11.0. The number of benzene rings is 1. The van der Waals surface area contributed by atoms with Gasteiger partial charge in [-0.3, -0.25) is 13.9 Å². The van der Waals surface area contributed by atoms with Gasteiger partial charge in [0.1, 0.15) is 11.4 Å². The Morgan fingerprint density at radius 3 is 2.41 bits per heavy atom. The number of methoxy groups -OCH3 is 1. The van der Waals surface area contributed by atoms with Crippen molar-refractivity contribution in [2.24, 2.45) is 0 Å². The Hall–Kier alpha value is -2.70. The minimum absolute atomic E-state index is 0.0451. The average molecular weight is 617 g/mol. The van der Waals surface area contributed by atoms with Crippen LogP contribution >= 0.6 is 15.2 Å². The first kappa shape index (κ1) is 31.2. The van der Waals surface area contributed by atoms with Crippen molar-refractivity contribution < 1.29 is 47.4 Å². The number of carbonyl (C=O) groups excluding carboxylic acids is 1. The Morgan fingerprint density at radius 1 is 1.24 bits per heavy atom. The molecule has 1 aromatic carbocycles. The maximum absolute atomic E-state index is 15.7. The zero-order valence-corrected chi connectivity index (χ0v) is 24.8. The standard InChI is InChI=1S/C25H35FN4O9P2/c1-14-11-29(9-8-27-14)23-20(26)10-18-15(2)19(12-30(17-6-7-17)22(18)24(23)38-5)16(3)39-13-21(31)28(4)25(40(32,33)34)41(35,36)37/h10,12,14,17,25,27H,2-3,6-9,11,13H2,1,4-5H3,(H2,32,33,34)(H2,35,36,37). The maximum Gasteiger partial charge on any atom is 0.360 e. The summed E-state index contributed by atoms with van der Waals surface area (Å²) in [4.78, 5) is 54.4. The zero-order chi connectivity index (χ0) is 30.4. The van der Waals surface area contributed by atoms with Crippen molar-refractivity contribution >= 4 is 38.0 Å². The topological polar surface area (TPSA) is 172 Å². The van der Waals surface area contributed by atoms with Crippen LogP contribution in [0.1, 0.15) is 25.3 Å². The Morgan fingerprint density at radius 2 is 1.88 bits per heavy atom. The molecule has 0 spiro atoms. The number of allylic oxidation sites excluding steroid dienone is 1. The maximum atomic E-state index is 15.7. The molecule has 41 heavy (non-hydrogen) atoms. The third kappa shape index (κ3) is 6.39. The minimum atomic E-state index is -5.39. The van der Waals surface area contributed by atoms with E-state index in [0.29, 0.717) is 53.5 Å². The van der Waals surface area contributed by atoms with E-state index in [2.05, 4.69) is 18.5 Å². The third-order valence-electron chi connectivity index (χ3n) is 7.20. The van der Waals surface area contributed by atoms with Gasteiger partial charge in [-0.15, -0.1) is 0 Å². The number of halogens is 1. The van der Waals surface area contributed by atoms with Crippen LogP contribution < -0.4 is 19.9 Å². The predicted octanol–water partition coefficient (Wildman–Crippen LogP) is 2.14. The van der Waals surface area contributed by atoms with E-state index in [-0.39, 0.29) is 22.7 Å². The molecular formula is C25H35FN4O9P2. The fourth-order valence-electron chi connectivity index (χ4n) is 5.13. The molecule has 1 saturated heterocycles. The molecule has 3 aliphatic rings. The summed E-state index contributed by atoms with van der Waals surface area (Å²) < 4.78 is 50.4. The number of piperazine rings is 1. The number of rotatable bonds is 10. The molecule has 1 amide bonds. The van der Waals surface area contributed by atoms with Crippen LogP contribution in [0.25, 0.3) is 5.57 Å². The number of likely N-dealkylation sites (N-methyl/N-ethyl adjacent to an activating group) is 1. The number of fused-ring (bicyclic) bond motifs is 1. The number of nitrogens with one attached hydrogen (secondary N) is 1. The molecule has 1 aliphatic carbocycles. The Kier molecular flexibility index (Phi) is 8.78. The van der Waals surface area contributed by atoms with Crippen molar-refractivity contribution in [3.63, 3.8) is 0 Å². The van der Waals surface area contributed by atoms with Gasteiger partial charge in [-0.1, -0.05) is 13.2 Å². The second kappa shape index (κ2) is 11.5. The highest BCUT2D eigenvalue weighted by Gasteiger charge is 2.48. The molecule has 2 fully saturated rings. The molecule has 1 atom stereocenters. The number of hydrogen-bond acceptors (Lipinski definition) is 8. The number of hydrogen-bond donors (Lipinski definition) is 5. The van der Waals surface area contributed by atoms with Gasteiger partial charge in [-0.25, -0.2) is 4.39 Å². The lowest BCUT2D eigenvalue weighted by atomic mass is 9.92. The van der Waals surface area contributed by atoms with Crippen LogP contribution in [0.3, 0.4) is 0 Å². The van der Waals surface area contributed by atoms with Crippen LogP contribution in [0.5, 0.6) is 5.75 Å². The second-order valence-electron chi connectivity index (χ2n) is 10.3. The lowest BCUT2D eigenvalue weighted by Crippen LogP contribution is -2.49. The monoisotopic (exact) mass is 616 g/mol. The van der Waals surface area contributed by atoms with Gasteiger partial charge >= 0.3 is 15.2 Å². The van der Waals surface area contributed by atoms with E-state index < -0.39 is 39.0 Å². The van der Waals surface area contributed by atoms with Gasteiger partial charge in [0.15, 0.2) is 18.2 Å². The Labute approximate surface area is 237 Å². The summed E-state index contributed by atoms with van der Waals surface area (Å²) >= 11 is 0.